The summed E-state index contributed by atoms with van der Waals surface area (Å²) in [5.74, 6) is -0.0638. The SMILES string of the molecule is CN(C)C(=O)N1CCC(n2cc(-c3cnc(N)c(-c4cc5c(Cl)ccc(F)c5cn4)c3)cn2)CC1.Cl.Cl. The molecule has 5 rings (SSSR count). The molecule has 12 heteroatoms. The third-order valence-electron chi connectivity index (χ3n) is 6.42. The molecule has 1 aromatic carbocycles. The van der Waals surface area contributed by atoms with Crippen molar-refractivity contribution in [2.75, 3.05) is 32.9 Å². The molecule has 1 saturated heterocycles. The smallest absolute Gasteiger partial charge is 0.319 e. The van der Waals surface area contributed by atoms with Crippen LogP contribution in [0.25, 0.3) is 33.2 Å². The van der Waals surface area contributed by atoms with Crippen molar-refractivity contribution in [3.63, 3.8) is 0 Å². The first-order valence-corrected chi connectivity index (χ1v) is 11.7. The van der Waals surface area contributed by atoms with E-state index < -0.39 is 0 Å². The number of piperidine rings is 1. The van der Waals surface area contributed by atoms with E-state index in [1.807, 2.05) is 21.8 Å². The Kier molecular flexibility index (Phi) is 8.84. The van der Waals surface area contributed by atoms with Crippen molar-refractivity contribution in [2.45, 2.75) is 18.9 Å². The fraction of sp³-hybridized carbons (Fsp3) is 0.280. The Hall–Kier alpha value is -3.14. The molecule has 4 aromatic rings. The van der Waals surface area contributed by atoms with E-state index in [1.54, 1.807) is 37.5 Å². The third kappa shape index (κ3) is 5.58. The molecule has 0 spiro atoms. The number of aromatic nitrogens is 4. The zero-order valence-electron chi connectivity index (χ0n) is 20.3. The lowest BCUT2D eigenvalue weighted by Crippen LogP contribution is -2.44. The Labute approximate surface area is 231 Å². The van der Waals surface area contributed by atoms with Gasteiger partial charge in [-0.15, -0.1) is 24.8 Å². The minimum absolute atomic E-state index is 0. The van der Waals surface area contributed by atoms with E-state index in [0.29, 0.717) is 46.0 Å². The third-order valence-corrected chi connectivity index (χ3v) is 6.75. The van der Waals surface area contributed by atoms with Gasteiger partial charge in [-0.25, -0.2) is 14.2 Å². The molecule has 37 heavy (non-hydrogen) atoms. The number of nitrogen functional groups attached to an aromatic ring is 1. The molecule has 196 valence electrons. The standard InChI is InChI=1S/C25H25ClFN7O.2ClH/c1-32(2)25(35)33-7-5-17(6-8-33)34-14-16(12-31-34)15-9-19(24(28)30-11-15)23-10-18-20(13-29-23)22(27)4-3-21(18)26;;/h3-4,9-14,17H,5-8H2,1-2H3,(H2,28,30);2*1H. The number of hydrogen-bond acceptors (Lipinski definition) is 5. The normalized spacial score (nSPS) is 13.7. The van der Waals surface area contributed by atoms with E-state index in [1.165, 1.54) is 18.3 Å². The second-order valence-electron chi connectivity index (χ2n) is 8.91. The second-order valence-corrected chi connectivity index (χ2v) is 9.31. The highest BCUT2D eigenvalue weighted by Gasteiger charge is 2.25. The zero-order valence-corrected chi connectivity index (χ0v) is 22.7. The molecule has 0 bridgehead atoms. The number of carbonyl (C=O) groups excluding carboxylic acids is 1. The number of fused-ring (bicyclic) bond motifs is 1. The number of rotatable bonds is 3. The first-order valence-electron chi connectivity index (χ1n) is 11.3. The van der Waals surface area contributed by atoms with Crippen molar-refractivity contribution in [1.29, 1.82) is 0 Å². The molecule has 8 nitrogen and oxygen atoms in total. The number of amides is 2. The van der Waals surface area contributed by atoms with E-state index in [-0.39, 0.29) is 42.7 Å². The van der Waals surface area contributed by atoms with Crippen LogP contribution < -0.4 is 5.73 Å². The summed E-state index contributed by atoms with van der Waals surface area (Å²) in [4.78, 5) is 24.4. The van der Waals surface area contributed by atoms with Crippen LogP contribution in [0.5, 0.6) is 0 Å². The molecule has 2 N–H and O–H groups in total. The fourth-order valence-corrected chi connectivity index (χ4v) is 4.67. The maximum Gasteiger partial charge on any atom is 0.319 e. The van der Waals surface area contributed by atoms with Crippen LogP contribution in [0.4, 0.5) is 15.0 Å². The molecule has 2 amide bonds. The topological polar surface area (TPSA) is 93.2 Å². The number of pyridine rings is 2. The number of carbonyl (C=O) groups is 1. The van der Waals surface area contributed by atoms with E-state index >= 15 is 0 Å². The predicted octanol–water partition coefficient (Wildman–Crippen LogP) is 5.70. The summed E-state index contributed by atoms with van der Waals surface area (Å²) < 4.78 is 16.1. The number of likely N-dealkylation sites (tertiary alicyclic amines) is 1. The number of urea groups is 1. The Balaban J connectivity index is 0.00000190. The number of hydrogen-bond donors (Lipinski definition) is 1. The summed E-state index contributed by atoms with van der Waals surface area (Å²) in [6, 6.07) is 6.74. The van der Waals surface area contributed by atoms with Crippen molar-refractivity contribution in [2.24, 2.45) is 0 Å². The average Bonchev–Trinajstić information content (AvgIpc) is 3.36. The van der Waals surface area contributed by atoms with Gasteiger partial charge in [0.05, 0.1) is 17.9 Å². The van der Waals surface area contributed by atoms with Crippen LogP contribution in [0, 0.1) is 5.82 Å². The molecule has 0 unspecified atom stereocenters. The van der Waals surface area contributed by atoms with Crippen LogP contribution in [-0.2, 0) is 0 Å². The molecular weight excluding hydrogens is 540 g/mol. The Morgan fingerprint density at radius 3 is 2.49 bits per heavy atom. The molecule has 0 saturated carbocycles. The molecular formula is C25H27Cl3FN7O. The van der Waals surface area contributed by atoms with Gasteiger partial charge in [0.25, 0.3) is 0 Å². The second kappa shape index (κ2) is 11.5. The summed E-state index contributed by atoms with van der Waals surface area (Å²) in [5, 5.41) is 5.93. The predicted molar refractivity (Wildman–Crippen MR) is 149 cm³/mol. The average molecular weight is 567 g/mol. The molecule has 0 aliphatic carbocycles. The molecule has 1 fully saturated rings. The molecule has 4 heterocycles. The van der Waals surface area contributed by atoms with Crippen LogP contribution in [0.3, 0.4) is 0 Å². The lowest BCUT2D eigenvalue weighted by atomic mass is 10.0. The van der Waals surface area contributed by atoms with E-state index in [2.05, 4.69) is 15.1 Å². The monoisotopic (exact) mass is 565 g/mol. The Morgan fingerprint density at radius 1 is 1.05 bits per heavy atom. The Bertz CT molecular complexity index is 1420. The van der Waals surface area contributed by atoms with Gasteiger partial charge in [0, 0.05) is 78.3 Å². The summed E-state index contributed by atoms with van der Waals surface area (Å²) in [6.45, 7) is 1.39. The van der Waals surface area contributed by atoms with Gasteiger partial charge in [-0.3, -0.25) is 9.67 Å². The quantitative estimate of drug-likeness (QED) is 0.344. The molecule has 0 radical (unpaired) electrons. The van der Waals surface area contributed by atoms with Crippen molar-refractivity contribution in [1.82, 2.24) is 29.5 Å². The lowest BCUT2D eigenvalue weighted by Gasteiger charge is -2.33. The van der Waals surface area contributed by atoms with Gasteiger partial charge in [-0.1, -0.05) is 11.6 Å². The van der Waals surface area contributed by atoms with Crippen LogP contribution in [-0.4, -0.2) is 62.8 Å². The molecule has 1 aliphatic rings. The van der Waals surface area contributed by atoms with Gasteiger partial charge in [0.1, 0.15) is 11.6 Å². The van der Waals surface area contributed by atoms with E-state index in [0.717, 1.165) is 24.0 Å². The Morgan fingerprint density at radius 2 is 1.78 bits per heavy atom. The van der Waals surface area contributed by atoms with E-state index in [9.17, 15) is 9.18 Å². The number of nitrogens with two attached hydrogens (primary N) is 1. The molecule has 1 aliphatic heterocycles. The van der Waals surface area contributed by atoms with Gasteiger partial charge in [0.15, 0.2) is 0 Å². The maximum atomic E-state index is 14.2. The lowest BCUT2D eigenvalue weighted by molar-refractivity contribution is 0.146. The van der Waals surface area contributed by atoms with Gasteiger partial charge >= 0.3 is 6.03 Å². The summed E-state index contributed by atoms with van der Waals surface area (Å²) >= 11 is 6.30. The first kappa shape index (κ1) is 28.4. The summed E-state index contributed by atoms with van der Waals surface area (Å²) in [6.07, 6.45) is 8.63. The van der Waals surface area contributed by atoms with Crippen molar-refractivity contribution < 1.29 is 9.18 Å². The highest BCUT2D eigenvalue weighted by molar-refractivity contribution is 6.35. The van der Waals surface area contributed by atoms with Crippen LogP contribution >= 0.6 is 36.4 Å². The first-order chi connectivity index (χ1) is 16.8. The van der Waals surface area contributed by atoms with Gasteiger partial charge in [0.2, 0.25) is 0 Å². The highest BCUT2D eigenvalue weighted by Crippen LogP contribution is 2.33. The van der Waals surface area contributed by atoms with Crippen molar-refractivity contribution in [3.8, 4) is 22.4 Å². The van der Waals surface area contributed by atoms with Crippen LogP contribution in [0.1, 0.15) is 18.9 Å². The minimum atomic E-state index is -0.382. The number of nitrogens with zero attached hydrogens (tertiary/aromatic N) is 6. The number of benzene rings is 1. The largest absolute Gasteiger partial charge is 0.383 e. The van der Waals surface area contributed by atoms with Gasteiger partial charge in [-0.2, -0.15) is 5.10 Å². The number of halogens is 4. The van der Waals surface area contributed by atoms with Crippen LogP contribution in [0.15, 0.2) is 49.1 Å². The molecule has 3 aromatic heterocycles. The van der Waals surface area contributed by atoms with Crippen LogP contribution in [0.2, 0.25) is 5.02 Å². The fourth-order valence-electron chi connectivity index (χ4n) is 4.45. The van der Waals surface area contributed by atoms with Crippen molar-refractivity contribution in [3.05, 3.63) is 59.9 Å². The minimum Gasteiger partial charge on any atom is -0.383 e. The highest BCUT2D eigenvalue weighted by atomic mass is 35.5. The molecule has 0 atom stereocenters. The number of anilines is 1. The zero-order chi connectivity index (χ0) is 24.7. The van der Waals surface area contributed by atoms with Gasteiger partial charge in [-0.05, 0) is 37.1 Å². The van der Waals surface area contributed by atoms with Crippen molar-refractivity contribution >= 4 is 59.0 Å². The summed E-state index contributed by atoms with van der Waals surface area (Å²) in [7, 11) is 3.53. The van der Waals surface area contributed by atoms with E-state index in [4.69, 9.17) is 17.3 Å². The maximum absolute atomic E-state index is 14.2. The summed E-state index contributed by atoms with van der Waals surface area (Å²) in [5.41, 5.74) is 9.11. The van der Waals surface area contributed by atoms with Gasteiger partial charge < -0.3 is 15.5 Å².